The number of carbonyl (C=O) groups is 2. The first kappa shape index (κ1) is 11.0. The maximum absolute atomic E-state index is 11.4. The van der Waals surface area contributed by atoms with Gasteiger partial charge in [-0.2, -0.15) is 0 Å². The van der Waals surface area contributed by atoms with Crippen molar-refractivity contribution in [1.29, 1.82) is 0 Å². The van der Waals surface area contributed by atoms with Gasteiger partial charge in [-0.05, 0) is 25.3 Å². The lowest BCUT2D eigenvalue weighted by atomic mass is 9.85. The minimum atomic E-state index is -0.170. The molecule has 0 amide bonds. The third-order valence-corrected chi connectivity index (χ3v) is 2.55. The van der Waals surface area contributed by atoms with Crippen LogP contribution in [0.5, 0.6) is 0 Å². The quantitative estimate of drug-likeness (QED) is 0.645. The van der Waals surface area contributed by atoms with Gasteiger partial charge in [0.15, 0.2) is 5.78 Å². The molecule has 0 bridgehead atoms. The summed E-state index contributed by atoms with van der Waals surface area (Å²) in [5, 5.41) is 0. The highest BCUT2D eigenvalue weighted by Gasteiger charge is 2.25. The van der Waals surface area contributed by atoms with Crippen molar-refractivity contribution in [2.75, 3.05) is 6.61 Å². The molecule has 1 aliphatic rings. The highest BCUT2D eigenvalue weighted by atomic mass is 16.5. The van der Waals surface area contributed by atoms with Crippen molar-refractivity contribution in [3.05, 3.63) is 12.2 Å². The van der Waals surface area contributed by atoms with Gasteiger partial charge in [0.25, 0.3) is 0 Å². The Morgan fingerprint density at radius 2 is 2.43 bits per heavy atom. The monoisotopic (exact) mass is 196 g/mol. The van der Waals surface area contributed by atoms with E-state index in [9.17, 15) is 9.59 Å². The van der Waals surface area contributed by atoms with E-state index in [2.05, 4.69) is 0 Å². The first-order valence-corrected chi connectivity index (χ1v) is 5.02. The van der Waals surface area contributed by atoms with Gasteiger partial charge >= 0.3 is 5.97 Å². The molecule has 1 aliphatic carbocycles. The van der Waals surface area contributed by atoms with Gasteiger partial charge in [0, 0.05) is 6.42 Å². The molecule has 0 aromatic rings. The Kier molecular flexibility index (Phi) is 3.86. The number of allylic oxidation sites excluding steroid dienone is 2. The fraction of sp³-hybridized carbons (Fsp3) is 0.636. The van der Waals surface area contributed by atoms with E-state index in [-0.39, 0.29) is 23.6 Å². The largest absolute Gasteiger partial charge is 0.466 e. The lowest BCUT2D eigenvalue weighted by Gasteiger charge is -2.21. The summed E-state index contributed by atoms with van der Waals surface area (Å²) in [4.78, 5) is 22.3. The fourth-order valence-corrected chi connectivity index (χ4v) is 1.58. The summed E-state index contributed by atoms with van der Waals surface area (Å²) in [7, 11) is 0. The molecule has 0 unspecified atom stereocenters. The number of esters is 1. The van der Waals surface area contributed by atoms with Gasteiger partial charge in [-0.15, -0.1) is 0 Å². The van der Waals surface area contributed by atoms with Crippen LogP contribution in [0, 0.1) is 11.8 Å². The predicted molar refractivity (Wildman–Crippen MR) is 52.7 cm³/mol. The van der Waals surface area contributed by atoms with Crippen molar-refractivity contribution in [3.8, 4) is 0 Å². The standard InChI is InChI=1S/C11H16O3/c1-3-14-11(13)8(2)9-4-6-10(12)7-5-9/h4,6,8-9H,3,5,7H2,1-2H3/t8-,9-/m1/s1. The van der Waals surface area contributed by atoms with Crippen molar-refractivity contribution in [2.24, 2.45) is 11.8 Å². The molecular formula is C11H16O3. The Hall–Kier alpha value is -1.12. The summed E-state index contributed by atoms with van der Waals surface area (Å²) in [5.74, 6) is -0.000132. The van der Waals surface area contributed by atoms with Gasteiger partial charge in [0.05, 0.1) is 12.5 Å². The van der Waals surface area contributed by atoms with E-state index in [4.69, 9.17) is 4.74 Å². The van der Waals surface area contributed by atoms with E-state index < -0.39 is 0 Å². The molecule has 0 saturated heterocycles. The molecule has 0 aromatic carbocycles. The second-order valence-electron chi connectivity index (χ2n) is 3.57. The number of rotatable bonds is 3. The van der Waals surface area contributed by atoms with E-state index in [0.717, 1.165) is 6.42 Å². The summed E-state index contributed by atoms with van der Waals surface area (Å²) < 4.78 is 4.93. The zero-order chi connectivity index (χ0) is 10.6. The Labute approximate surface area is 84.1 Å². The highest BCUT2D eigenvalue weighted by molar-refractivity contribution is 5.90. The van der Waals surface area contributed by atoms with Gasteiger partial charge in [0.1, 0.15) is 0 Å². The Bertz CT molecular complexity index is 255. The number of ketones is 1. The van der Waals surface area contributed by atoms with Gasteiger partial charge in [0.2, 0.25) is 0 Å². The number of hydrogen-bond acceptors (Lipinski definition) is 3. The average Bonchev–Trinajstić information content (AvgIpc) is 2.18. The van der Waals surface area contributed by atoms with Crippen molar-refractivity contribution in [3.63, 3.8) is 0 Å². The van der Waals surface area contributed by atoms with Crippen LogP contribution in [-0.2, 0) is 14.3 Å². The first-order valence-electron chi connectivity index (χ1n) is 5.02. The number of hydrogen-bond donors (Lipinski definition) is 0. The third-order valence-electron chi connectivity index (χ3n) is 2.55. The van der Waals surface area contributed by atoms with E-state index >= 15 is 0 Å². The molecule has 14 heavy (non-hydrogen) atoms. The molecule has 3 nitrogen and oxygen atoms in total. The molecule has 78 valence electrons. The molecule has 1 rings (SSSR count). The van der Waals surface area contributed by atoms with Crippen molar-refractivity contribution in [1.82, 2.24) is 0 Å². The summed E-state index contributed by atoms with van der Waals surface area (Å²) in [5.41, 5.74) is 0. The Morgan fingerprint density at radius 3 is 2.93 bits per heavy atom. The van der Waals surface area contributed by atoms with Gasteiger partial charge in [-0.3, -0.25) is 9.59 Å². The van der Waals surface area contributed by atoms with E-state index in [1.165, 1.54) is 0 Å². The molecule has 0 N–H and O–H groups in total. The van der Waals surface area contributed by atoms with Crippen LogP contribution in [0.15, 0.2) is 12.2 Å². The summed E-state index contributed by atoms with van der Waals surface area (Å²) in [6.07, 6.45) is 4.71. The van der Waals surface area contributed by atoms with Crippen LogP contribution in [0.1, 0.15) is 26.7 Å². The lowest BCUT2D eigenvalue weighted by Crippen LogP contribution is -2.24. The zero-order valence-electron chi connectivity index (χ0n) is 8.66. The van der Waals surface area contributed by atoms with Crippen LogP contribution in [0.25, 0.3) is 0 Å². The molecule has 0 aliphatic heterocycles. The SMILES string of the molecule is CCOC(=O)[C@H](C)[C@@H]1C=CC(=O)CC1. The predicted octanol–water partition coefficient (Wildman–Crippen LogP) is 1.72. The number of ether oxygens (including phenoxy) is 1. The van der Waals surface area contributed by atoms with Crippen LogP contribution < -0.4 is 0 Å². The maximum atomic E-state index is 11.4. The number of carbonyl (C=O) groups excluding carboxylic acids is 2. The third kappa shape index (κ3) is 2.69. The summed E-state index contributed by atoms with van der Waals surface area (Å²) in [6.45, 7) is 4.06. The molecule has 0 saturated carbocycles. The molecule has 0 fully saturated rings. The Morgan fingerprint density at radius 1 is 1.71 bits per heavy atom. The van der Waals surface area contributed by atoms with Crippen LogP contribution in [-0.4, -0.2) is 18.4 Å². The minimum Gasteiger partial charge on any atom is -0.466 e. The normalized spacial score (nSPS) is 23.3. The second kappa shape index (κ2) is 4.94. The molecule has 0 heterocycles. The smallest absolute Gasteiger partial charge is 0.309 e. The average molecular weight is 196 g/mol. The van der Waals surface area contributed by atoms with E-state index in [0.29, 0.717) is 13.0 Å². The molecule has 0 spiro atoms. The molecular weight excluding hydrogens is 180 g/mol. The van der Waals surface area contributed by atoms with Crippen LogP contribution in [0.2, 0.25) is 0 Å². The molecule has 2 atom stereocenters. The van der Waals surface area contributed by atoms with Crippen molar-refractivity contribution >= 4 is 11.8 Å². The molecule has 0 radical (unpaired) electrons. The van der Waals surface area contributed by atoms with Gasteiger partial charge in [-0.25, -0.2) is 0 Å². The van der Waals surface area contributed by atoms with Crippen molar-refractivity contribution < 1.29 is 14.3 Å². The summed E-state index contributed by atoms with van der Waals surface area (Å²) in [6, 6.07) is 0. The summed E-state index contributed by atoms with van der Waals surface area (Å²) >= 11 is 0. The van der Waals surface area contributed by atoms with Gasteiger partial charge in [-0.1, -0.05) is 13.0 Å². The maximum Gasteiger partial charge on any atom is 0.309 e. The van der Waals surface area contributed by atoms with E-state index in [1.807, 2.05) is 13.0 Å². The Balaban J connectivity index is 2.52. The van der Waals surface area contributed by atoms with Crippen molar-refractivity contribution in [2.45, 2.75) is 26.7 Å². The topological polar surface area (TPSA) is 43.4 Å². The zero-order valence-corrected chi connectivity index (χ0v) is 8.66. The van der Waals surface area contributed by atoms with Crippen LogP contribution in [0.3, 0.4) is 0 Å². The molecule has 0 aromatic heterocycles. The van der Waals surface area contributed by atoms with Crippen LogP contribution >= 0.6 is 0 Å². The highest BCUT2D eigenvalue weighted by Crippen LogP contribution is 2.24. The fourth-order valence-electron chi connectivity index (χ4n) is 1.58. The minimum absolute atomic E-state index is 0.140. The molecule has 3 heteroatoms. The lowest BCUT2D eigenvalue weighted by molar-refractivity contribution is -0.149. The van der Waals surface area contributed by atoms with Crippen LogP contribution in [0.4, 0.5) is 0 Å². The second-order valence-corrected chi connectivity index (χ2v) is 3.57. The van der Waals surface area contributed by atoms with E-state index in [1.54, 1.807) is 13.0 Å². The van der Waals surface area contributed by atoms with Gasteiger partial charge < -0.3 is 4.74 Å². The first-order chi connectivity index (χ1) is 6.65.